The van der Waals surface area contributed by atoms with E-state index in [4.69, 9.17) is 0 Å². The Kier molecular flexibility index (Phi) is 4.00. The van der Waals surface area contributed by atoms with Crippen molar-refractivity contribution < 1.29 is 13.2 Å². The summed E-state index contributed by atoms with van der Waals surface area (Å²) in [5.74, 6) is 0.394. The van der Waals surface area contributed by atoms with E-state index < -0.39 is 11.2 Å². The third-order valence-electron chi connectivity index (χ3n) is 4.99. The van der Waals surface area contributed by atoms with Crippen molar-refractivity contribution in [2.45, 2.75) is 50.0 Å². The zero-order valence-electron chi connectivity index (χ0n) is 12.2. The third-order valence-corrected chi connectivity index (χ3v) is 6.11. The van der Waals surface area contributed by atoms with Gasteiger partial charge in [-0.1, -0.05) is 0 Å². The molecule has 2 aliphatic rings. The lowest BCUT2D eigenvalue weighted by molar-refractivity contribution is -0.137. The molecule has 1 aromatic rings. The number of halogens is 3. The van der Waals surface area contributed by atoms with Gasteiger partial charge in [-0.15, -0.1) is 11.3 Å². The van der Waals surface area contributed by atoms with Gasteiger partial charge in [-0.2, -0.15) is 13.2 Å². The lowest BCUT2D eigenvalue weighted by atomic mass is 9.84. The van der Waals surface area contributed by atoms with Crippen LogP contribution in [0.1, 0.15) is 41.6 Å². The Labute approximate surface area is 126 Å². The second-order valence-electron chi connectivity index (χ2n) is 6.11. The maximum absolute atomic E-state index is 12.7. The predicted octanol–water partition coefficient (Wildman–Crippen LogP) is 3.30. The fourth-order valence-corrected chi connectivity index (χ4v) is 4.88. The normalized spacial score (nSPS) is 31.6. The van der Waals surface area contributed by atoms with Crippen molar-refractivity contribution in [1.29, 1.82) is 0 Å². The molecule has 0 saturated carbocycles. The SMILES string of the molecule is CNC(c1cnc(C(F)(F)F)s1)C1CC2CCC(C1)N2C. The number of thiazole rings is 1. The molecule has 2 aliphatic heterocycles. The molecule has 2 bridgehead atoms. The van der Waals surface area contributed by atoms with E-state index in [0.717, 1.165) is 24.2 Å². The second-order valence-corrected chi connectivity index (χ2v) is 7.18. The number of nitrogens with one attached hydrogen (secondary N) is 1. The average Bonchev–Trinajstić information content (AvgIpc) is 2.94. The topological polar surface area (TPSA) is 28.2 Å². The van der Waals surface area contributed by atoms with E-state index in [9.17, 15) is 13.2 Å². The number of alkyl halides is 3. The highest BCUT2D eigenvalue weighted by molar-refractivity contribution is 7.11. The Morgan fingerprint density at radius 3 is 2.43 bits per heavy atom. The van der Waals surface area contributed by atoms with Gasteiger partial charge in [0.05, 0.1) is 0 Å². The van der Waals surface area contributed by atoms with Crippen molar-refractivity contribution in [1.82, 2.24) is 15.2 Å². The molecule has 0 amide bonds. The van der Waals surface area contributed by atoms with E-state index >= 15 is 0 Å². The number of hydrogen-bond donors (Lipinski definition) is 1. The molecule has 2 fully saturated rings. The molecule has 3 rings (SSSR count). The third kappa shape index (κ3) is 2.83. The van der Waals surface area contributed by atoms with Crippen LogP contribution < -0.4 is 5.32 Å². The molecule has 21 heavy (non-hydrogen) atoms. The second kappa shape index (κ2) is 5.52. The summed E-state index contributed by atoms with van der Waals surface area (Å²) in [5.41, 5.74) is 0. The number of piperidine rings is 1. The molecular formula is C14H20F3N3S. The molecule has 1 aromatic heterocycles. The highest BCUT2D eigenvalue weighted by Crippen LogP contribution is 2.44. The first-order valence-electron chi connectivity index (χ1n) is 7.32. The predicted molar refractivity (Wildman–Crippen MR) is 76.2 cm³/mol. The highest BCUT2D eigenvalue weighted by Gasteiger charge is 2.42. The summed E-state index contributed by atoms with van der Waals surface area (Å²) in [6.45, 7) is 0. The van der Waals surface area contributed by atoms with Gasteiger partial charge in [0.15, 0.2) is 5.01 Å². The summed E-state index contributed by atoms with van der Waals surface area (Å²) in [6.07, 6.45) is 1.59. The van der Waals surface area contributed by atoms with Crippen LogP contribution in [0, 0.1) is 5.92 Å². The minimum atomic E-state index is -4.34. The molecule has 118 valence electrons. The zero-order chi connectivity index (χ0) is 15.2. The van der Waals surface area contributed by atoms with Crippen LogP contribution in [0.4, 0.5) is 13.2 Å². The maximum Gasteiger partial charge on any atom is 0.443 e. The van der Waals surface area contributed by atoms with Gasteiger partial charge in [0.2, 0.25) is 0 Å². The molecule has 0 aliphatic carbocycles. The minimum Gasteiger partial charge on any atom is -0.312 e. The molecular weight excluding hydrogens is 299 g/mol. The van der Waals surface area contributed by atoms with Crippen LogP contribution in [0.15, 0.2) is 6.20 Å². The molecule has 3 heterocycles. The van der Waals surface area contributed by atoms with Gasteiger partial charge in [0.25, 0.3) is 0 Å². The van der Waals surface area contributed by atoms with Crippen LogP contribution in [-0.4, -0.2) is 36.1 Å². The van der Waals surface area contributed by atoms with Crippen LogP contribution in [0.3, 0.4) is 0 Å². The number of aromatic nitrogens is 1. The van der Waals surface area contributed by atoms with Crippen LogP contribution in [-0.2, 0) is 6.18 Å². The Bertz CT molecular complexity index is 488. The van der Waals surface area contributed by atoms with Gasteiger partial charge in [0.1, 0.15) is 0 Å². The van der Waals surface area contributed by atoms with E-state index in [-0.39, 0.29) is 6.04 Å². The van der Waals surface area contributed by atoms with E-state index in [2.05, 4.69) is 22.2 Å². The first-order chi connectivity index (χ1) is 9.90. The van der Waals surface area contributed by atoms with Crippen LogP contribution in [0.5, 0.6) is 0 Å². The van der Waals surface area contributed by atoms with E-state index in [1.165, 1.54) is 19.0 Å². The molecule has 0 spiro atoms. The summed E-state index contributed by atoms with van der Waals surface area (Å²) in [6, 6.07) is 1.15. The Morgan fingerprint density at radius 1 is 1.33 bits per heavy atom. The van der Waals surface area contributed by atoms with Crippen molar-refractivity contribution in [3.63, 3.8) is 0 Å². The van der Waals surface area contributed by atoms with Gasteiger partial charge in [0, 0.05) is 29.2 Å². The standard InChI is InChI=1S/C14H20F3N3S/c1-18-12(11-7-19-13(21-11)14(15,16)17)8-5-9-3-4-10(6-8)20(9)2/h7-10,12,18H,3-6H2,1-2H3. The maximum atomic E-state index is 12.7. The zero-order valence-corrected chi connectivity index (χ0v) is 13.0. The Balaban J connectivity index is 1.78. The Hall–Kier alpha value is -0.660. The van der Waals surface area contributed by atoms with Gasteiger partial charge in [-0.25, -0.2) is 4.98 Å². The summed E-state index contributed by atoms with van der Waals surface area (Å²) >= 11 is 0.778. The number of nitrogens with zero attached hydrogens (tertiary/aromatic N) is 2. The summed E-state index contributed by atoms with van der Waals surface area (Å²) in [7, 11) is 4.00. The van der Waals surface area contributed by atoms with Crippen molar-refractivity contribution in [3.8, 4) is 0 Å². The number of fused-ring (bicyclic) bond motifs is 2. The van der Waals surface area contributed by atoms with E-state index in [0.29, 0.717) is 22.9 Å². The van der Waals surface area contributed by atoms with E-state index in [1.54, 1.807) is 0 Å². The minimum absolute atomic E-state index is 0.0181. The van der Waals surface area contributed by atoms with Gasteiger partial charge >= 0.3 is 6.18 Å². The monoisotopic (exact) mass is 319 g/mol. The molecule has 0 radical (unpaired) electrons. The molecule has 2 saturated heterocycles. The van der Waals surface area contributed by atoms with Crippen molar-refractivity contribution >= 4 is 11.3 Å². The fourth-order valence-electron chi connectivity index (χ4n) is 3.90. The van der Waals surface area contributed by atoms with Crippen LogP contribution in [0.2, 0.25) is 0 Å². The Morgan fingerprint density at radius 2 is 1.95 bits per heavy atom. The summed E-state index contributed by atoms with van der Waals surface area (Å²) < 4.78 is 38.2. The first kappa shape index (κ1) is 15.2. The number of hydrogen-bond acceptors (Lipinski definition) is 4. The molecule has 3 unspecified atom stereocenters. The average molecular weight is 319 g/mol. The molecule has 1 N–H and O–H groups in total. The van der Waals surface area contributed by atoms with Crippen LogP contribution >= 0.6 is 11.3 Å². The van der Waals surface area contributed by atoms with Crippen molar-refractivity contribution in [2.24, 2.45) is 5.92 Å². The molecule has 3 atom stereocenters. The smallest absolute Gasteiger partial charge is 0.312 e. The molecule has 0 aromatic carbocycles. The first-order valence-corrected chi connectivity index (χ1v) is 8.14. The van der Waals surface area contributed by atoms with Gasteiger partial charge in [-0.05, 0) is 45.7 Å². The van der Waals surface area contributed by atoms with Crippen LogP contribution in [0.25, 0.3) is 0 Å². The fraction of sp³-hybridized carbons (Fsp3) is 0.786. The number of rotatable bonds is 3. The quantitative estimate of drug-likeness (QED) is 0.926. The lowest BCUT2D eigenvalue weighted by Gasteiger charge is -2.39. The summed E-state index contributed by atoms with van der Waals surface area (Å²) in [4.78, 5) is 6.71. The largest absolute Gasteiger partial charge is 0.443 e. The highest BCUT2D eigenvalue weighted by atomic mass is 32.1. The lowest BCUT2D eigenvalue weighted by Crippen LogP contribution is -2.43. The molecule has 3 nitrogen and oxygen atoms in total. The van der Waals surface area contributed by atoms with Crippen molar-refractivity contribution in [2.75, 3.05) is 14.1 Å². The van der Waals surface area contributed by atoms with E-state index in [1.807, 2.05) is 7.05 Å². The van der Waals surface area contributed by atoms with Gasteiger partial charge < -0.3 is 10.2 Å². The summed E-state index contributed by atoms with van der Waals surface area (Å²) in [5, 5.41) is 2.48. The molecule has 7 heteroatoms. The van der Waals surface area contributed by atoms with Crippen molar-refractivity contribution in [3.05, 3.63) is 16.1 Å². The van der Waals surface area contributed by atoms with Gasteiger partial charge in [-0.3, -0.25) is 0 Å².